The van der Waals surface area contributed by atoms with Crippen molar-refractivity contribution in [1.29, 1.82) is 0 Å². The lowest BCUT2D eigenvalue weighted by Gasteiger charge is -2.22. The van der Waals surface area contributed by atoms with E-state index in [-0.39, 0.29) is 0 Å². The van der Waals surface area contributed by atoms with Gasteiger partial charge < -0.3 is 20.1 Å². The third-order valence-corrected chi connectivity index (χ3v) is 1.55. The van der Waals surface area contributed by atoms with Crippen molar-refractivity contribution in [1.82, 2.24) is 0 Å². The minimum atomic E-state index is -1.38. The molecule has 5 heteroatoms. The highest BCUT2D eigenvalue weighted by Gasteiger charge is 2.28. The molecule has 3 atom stereocenters. The Morgan fingerprint density at radius 3 is 2.25 bits per heavy atom. The van der Waals surface area contributed by atoms with E-state index in [1.807, 2.05) is 0 Å². The van der Waals surface area contributed by atoms with Crippen molar-refractivity contribution in [3.63, 3.8) is 0 Å². The number of aliphatic hydroxyl groups excluding tert-OH is 3. The minimum absolute atomic E-state index is 0.391. The van der Waals surface area contributed by atoms with E-state index in [9.17, 15) is 9.90 Å². The van der Waals surface area contributed by atoms with Crippen LogP contribution >= 0.6 is 0 Å². The second-order valence-electron chi connectivity index (χ2n) is 2.51. The first kappa shape index (κ1) is 11.5. The Morgan fingerprint density at radius 1 is 1.50 bits per heavy atom. The van der Waals surface area contributed by atoms with Gasteiger partial charge in [0, 0.05) is 7.11 Å². The Morgan fingerprint density at radius 2 is 2.00 bits per heavy atom. The zero-order valence-electron chi connectivity index (χ0n) is 7.10. The lowest BCUT2D eigenvalue weighted by Crippen LogP contribution is -2.44. The predicted molar refractivity (Wildman–Crippen MR) is 40.6 cm³/mol. The van der Waals surface area contributed by atoms with Crippen LogP contribution in [0.2, 0.25) is 0 Å². The summed E-state index contributed by atoms with van der Waals surface area (Å²) >= 11 is 0. The molecule has 0 spiro atoms. The van der Waals surface area contributed by atoms with Gasteiger partial charge in [0.25, 0.3) is 0 Å². The van der Waals surface area contributed by atoms with Crippen LogP contribution in [-0.2, 0) is 9.53 Å². The Balaban J connectivity index is 4.20. The van der Waals surface area contributed by atoms with Crippen molar-refractivity contribution in [2.75, 3.05) is 13.7 Å². The quantitative estimate of drug-likeness (QED) is 0.467. The molecule has 0 heterocycles. The van der Waals surface area contributed by atoms with Crippen LogP contribution in [0.5, 0.6) is 0 Å². The number of hydrogen-bond acceptors (Lipinski definition) is 5. The SMILES string of the molecule is CO[C@@H](C(C)=O)[C@H](O)[C@H](O)CO. The van der Waals surface area contributed by atoms with Gasteiger partial charge in [-0.1, -0.05) is 0 Å². The van der Waals surface area contributed by atoms with Gasteiger partial charge in [-0.3, -0.25) is 4.79 Å². The highest BCUT2D eigenvalue weighted by atomic mass is 16.5. The lowest BCUT2D eigenvalue weighted by atomic mass is 10.1. The van der Waals surface area contributed by atoms with Crippen molar-refractivity contribution in [2.24, 2.45) is 0 Å². The molecule has 0 aromatic heterocycles. The van der Waals surface area contributed by atoms with E-state index in [2.05, 4.69) is 4.74 Å². The number of carbonyl (C=O) groups excluding carboxylic acids is 1. The summed E-state index contributed by atoms with van der Waals surface area (Å²) in [6.45, 7) is 0.635. The average molecular weight is 178 g/mol. The van der Waals surface area contributed by atoms with Crippen molar-refractivity contribution in [3.05, 3.63) is 0 Å². The van der Waals surface area contributed by atoms with Crippen LogP contribution in [0.1, 0.15) is 6.92 Å². The molecular formula is C7H14O5. The number of carbonyl (C=O) groups is 1. The maximum atomic E-state index is 10.8. The van der Waals surface area contributed by atoms with Crippen molar-refractivity contribution < 1.29 is 24.9 Å². The zero-order chi connectivity index (χ0) is 9.72. The Bertz CT molecular complexity index is 147. The minimum Gasteiger partial charge on any atom is -0.394 e. The van der Waals surface area contributed by atoms with Gasteiger partial charge in [0.2, 0.25) is 0 Å². The Hall–Kier alpha value is -0.490. The highest BCUT2D eigenvalue weighted by Crippen LogP contribution is 2.04. The van der Waals surface area contributed by atoms with E-state index in [0.29, 0.717) is 0 Å². The topological polar surface area (TPSA) is 87.0 Å². The highest BCUT2D eigenvalue weighted by molar-refractivity contribution is 5.81. The number of aliphatic hydroxyl groups is 3. The fourth-order valence-corrected chi connectivity index (χ4v) is 0.856. The van der Waals surface area contributed by atoms with Gasteiger partial charge in [-0.25, -0.2) is 0 Å². The van der Waals surface area contributed by atoms with Crippen molar-refractivity contribution >= 4 is 5.78 Å². The molecule has 0 aromatic rings. The number of rotatable bonds is 5. The van der Waals surface area contributed by atoms with Crippen LogP contribution in [0.3, 0.4) is 0 Å². The van der Waals surface area contributed by atoms with Gasteiger partial charge in [-0.05, 0) is 6.92 Å². The standard InChI is InChI=1S/C7H14O5/c1-4(9)7(12-2)6(11)5(10)3-8/h5-8,10-11H,3H2,1-2H3/t5-,6-,7+/m1/s1. The van der Waals surface area contributed by atoms with Crippen LogP contribution in [0.4, 0.5) is 0 Å². The molecule has 12 heavy (non-hydrogen) atoms. The molecule has 3 N–H and O–H groups in total. The molecule has 0 saturated heterocycles. The second-order valence-corrected chi connectivity index (χ2v) is 2.51. The molecule has 0 aliphatic carbocycles. The molecular weight excluding hydrogens is 164 g/mol. The van der Waals surface area contributed by atoms with Crippen LogP contribution in [0.25, 0.3) is 0 Å². The molecule has 0 fully saturated rings. The molecule has 0 amide bonds. The van der Waals surface area contributed by atoms with E-state index in [0.717, 1.165) is 0 Å². The van der Waals surface area contributed by atoms with Crippen LogP contribution in [0, 0.1) is 0 Å². The van der Waals surface area contributed by atoms with Gasteiger partial charge in [0.05, 0.1) is 6.61 Å². The van der Waals surface area contributed by atoms with E-state index in [1.54, 1.807) is 0 Å². The maximum Gasteiger partial charge on any atom is 0.161 e. The smallest absolute Gasteiger partial charge is 0.161 e. The largest absolute Gasteiger partial charge is 0.394 e. The molecule has 0 saturated carbocycles. The summed E-state index contributed by atoms with van der Waals surface area (Å²) < 4.78 is 4.63. The molecule has 0 aliphatic rings. The Labute approximate surface area is 70.6 Å². The third kappa shape index (κ3) is 2.86. The first-order valence-electron chi connectivity index (χ1n) is 3.54. The number of methoxy groups -OCH3 is 1. The van der Waals surface area contributed by atoms with Gasteiger partial charge in [0.1, 0.15) is 18.3 Å². The first-order chi connectivity index (χ1) is 5.54. The normalized spacial score (nSPS) is 18.4. The lowest BCUT2D eigenvalue weighted by molar-refractivity contribution is -0.141. The van der Waals surface area contributed by atoms with Gasteiger partial charge in [-0.15, -0.1) is 0 Å². The average Bonchev–Trinajstić information content (AvgIpc) is 2.03. The second kappa shape index (κ2) is 5.21. The molecule has 0 radical (unpaired) electrons. The Kier molecular flexibility index (Phi) is 5.00. The number of ketones is 1. The maximum absolute atomic E-state index is 10.8. The summed E-state index contributed by atoms with van der Waals surface area (Å²) in [5.41, 5.74) is 0. The summed E-state index contributed by atoms with van der Waals surface area (Å²) in [4.78, 5) is 10.8. The summed E-state index contributed by atoms with van der Waals surface area (Å²) in [6, 6.07) is 0. The van der Waals surface area contributed by atoms with Crippen molar-refractivity contribution in [2.45, 2.75) is 25.2 Å². The summed E-state index contributed by atoms with van der Waals surface area (Å²) in [7, 11) is 1.25. The fourth-order valence-electron chi connectivity index (χ4n) is 0.856. The fraction of sp³-hybridized carbons (Fsp3) is 0.857. The zero-order valence-corrected chi connectivity index (χ0v) is 7.10. The number of Topliss-reactive ketones (excluding diaryl/α,β-unsaturated/α-hetero) is 1. The first-order valence-corrected chi connectivity index (χ1v) is 3.54. The van der Waals surface area contributed by atoms with Crippen molar-refractivity contribution in [3.8, 4) is 0 Å². The third-order valence-electron chi connectivity index (χ3n) is 1.55. The molecule has 5 nitrogen and oxygen atoms in total. The van der Waals surface area contributed by atoms with E-state index in [4.69, 9.17) is 10.2 Å². The van der Waals surface area contributed by atoms with E-state index >= 15 is 0 Å². The van der Waals surface area contributed by atoms with Crippen LogP contribution in [-0.4, -0.2) is 53.1 Å². The van der Waals surface area contributed by atoms with E-state index < -0.39 is 30.7 Å². The predicted octanol–water partition coefficient (Wildman–Crippen LogP) is -1.70. The monoisotopic (exact) mass is 178 g/mol. The van der Waals surface area contributed by atoms with Crippen LogP contribution in [0.15, 0.2) is 0 Å². The molecule has 0 rings (SSSR count). The molecule has 0 aromatic carbocycles. The van der Waals surface area contributed by atoms with Crippen LogP contribution < -0.4 is 0 Å². The van der Waals surface area contributed by atoms with Gasteiger partial charge in [0.15, 0.2) is 5.78 Å². The number of ether oxygens (including phenoxy) is 1. The summed E-state index contributed by atoms with van der Waals surface area (Å²) in [6.07, 6.45) is -3.80. The molecule has 0 aliphatic heterocycles. The van der Waals surface area contributed by atoms with Gasteiger partial charge >= 0.3 is 0 Å². The summed E-state index contributed by atoms with van der Waals surface area (Å²) in [5, 5.41) is 26.6. The summed E-state index contributed by atoms with van der Waals surface area (Å²) in [5.74, 6) is -0.391. The molecule has 0 unspecified atom stereocenters. The molecule has 72 valence electrons. The molecule has 0 bridgehead atoms. The number of hydrogen-bond donors (Lipinski definition) is 3. The van der Waals surface area contributed by atoms with E-state index in [1.165, 1.54) is 14.0 Å². The van der Waals surface area contributed by atoms with Gasteiger partial charge in [-0.2, -0.15) is 0 Å².